The number of hydrogen-bond acceptors (Lipinski definition) is 2. The van der Waals surface area contributed by atoms with Gasteiger partial charge < -0.3 is 9.80 Å². The third kappa shape index (κ3) is 4.46. The first kappa shape index (κ1) is 15.3. The van der Waals surface area contributed by atoms with Gasteiger partial charge in [-0.05, 0) is 77.0 Å². The van der Waals surface area contributed by atoms with Crippen molar-refractivity contribution in [1.29, 1.82) is 0 Å². The maximum atomic E-state index is 2.75. The topological polar surface area (TPSA) is 6.48 Å². The Morgan fingerprint density at radius 1 is 0.895 bits per heavy atom. The summed E-state index contributed by atoms with van der Waals surface area (Å²) in [7, 11) is 2.29. The molecule has 0 amide bonds. The Kier molecular flexibility index (Phi) is 6.15. The van der Waals surface area contributed by atoms with E-state index in [1.54, 1.807) is 0 Å². The van der Waals surface area contributed by atoms with E-state index < -0.39 is 0 Å². The zero-order valence-corrected chi connectivity index (χ0v) is 13.4. The number of rotatable bonds is 5. The fourth-order valence-corrected chi connectivity index (χ4v) is 3.97. The molecule has 1 saturated heterocycles. The smallest absolute Gasteiger partial charge is 0.00923 e. The fraction of sp³-hybridized carbons (Fsp3) is 1.00. The summed E-state index contributed by atoms with van der Waals surface area (Å²) in [5, 5.41) is 0. The summed E-state index contributed by atoms with van der Waals surface area (Å²) in [6, 6.07) is 0.868. The lowest BCUT2D eigenvalue weighted by Crippen LogP contribution is -2.40. The molecule has 2 fully saturated rings. The SMILES string of the molecule is CCC1CCN(CC2CCC(N(C)CC)CC2)CC1. The van der Waals surface area contributed by atoms with E-state index in [-0.39, 0.29) is 0 Å². The van der Waals surface area contributed by atoms with Crippen molar-refractivity contribution in [2.45, 2.75) is 64.8 Å². The van der Waals surface area contributed by atoms with E-state index in [0.717, 1.165) is 17.9 Å². The maximum Gasteiger partial charge on any atom is 0.00923 e. The van der Waals surface area contributed by atoms with Crippen molar-refractivity contribution in [3.63, 3.8) is 0 Å². The van der Waals surface area contributed by atoms with E-state index in [2.05, 4.69) is 30.7 Å². The second kappa shape index (κ2) is 7.64. The minimum atomic E-state index is 0.868. The molecule has 0 atom stereocenters. The molecule has 1 saturated carbocycles. The molecule has 1 heterocycles. The molecule has 0 aromatic heterocycles. The lowest BCUT2D eigenvalue weighted by molar-refractivity contribution is 0.118. The van der Waals surface area contributed by atoms with Gasteiger partial charge in [0, 0.05) is 12.6 Å². The van der Waals surface area contributed by atoms with E-state index in [4.69, 9.17) is 0 Å². The van der Waals surface area contributed by atoms with E-state index in [0.29, 0.717) is 0 Å². The minimum Gasteiger partial charge on any atom is -0.304 e. The highest BCUT2D eigenvalue weighted by Crippen LogP contribution is 2.29. The second-order valence-electron chi connectivity index (χ2n) is 6.90. The highest BCUT2D eigenvalue weighted by molar-refractivity contribution is 4.81. The van der Waals surface area contributed by atoms with Crippen LogP contribution in [0.15, 0.2) is 0 Å². The zero-order chi connectivity index (χ0) is 13.7. The van der Waals surface area contributed by atoms with Crippen molar-refractivity contribution in [1.82, 2.24) is 9.80 Å². The number of likely N-dealkylation sites (tertiary alicyclic amines) is 1. The van der Waals surface area contributed by atoms with Crippen LogP contribution in [0.1, 0.15) is 58.8 Å². The largest absolute Gasteiger partial charge is 0.304 e. The summed E-state index contributed by atoms with van der Waals surface area (Å²) in [6.07, 6.45) is 10.1. The van der Waals surface area contributed by atoms with Gasteiger partial charge in [0.1, 0.15) is 0 Å². The van der Waals surface area contributed by atoms with Crippen LogP contribution in [0.3, 0.4) is 0 Å². The van der Waals surface area contributed by atoms with E-state index in [1.807, 2.05) is 0 Å². The molecular weight excluding hydrogens is 232 g/mol. The molecule has 19 heavy (non-hydrogen) atoms. The molecule has 0 spiro atoms. The predicted molar refractivity (Wildman–Crippen MR) is 83.5 cm³/mol. The van der Waals surface area contributed by atoms with Gasteiger partial charge in [0.25, 0.3) is 0 Å². The average molecular weight is 266 g/mol. The third-order valence-corrected chi connectivity index (χ3v) is 5.74. The highest BCUT2D eigenvalue weighted by Gasteiger charge is 2.26. The van der Waals surface area contributed by atoms with Crippen molar-refractivity contribution in [3.05, 3.63) is 0 Å². The molecule has 0 radical (unpaired) electrons. The van der Waals surface area contributed by atoms with Crippen LogP contribution >= 0.6 is 0 Å². The molecule has 0 bridgehead atoms. The standard InChI is InChI=1S/C17H34N2/c1-4-15-10-12-19(13-11-15)14-16-6-8-17(9-7-16)18(3)5-2/h15-17H,4-14H2,1-3H3. The molecule has 0 N–H and O–H groups in total. The molecule has 2 aliphatic rings. The van der Waals surface area contributed by atoms with Gasteiger partial charge in [0.2, 0.25) is 0 Å². The first-order valence-electron chi connectivity index (χ1n) is 8.65. The zero-order valence-electron chi connectivity index (χ0n) is 13.4. The lowest BCUT2D eigenvalue weighted by atomic mass is 9.84. The molecule has 0 aromatic rings. The molecule has 0 aromatic carbocycles. The third-order valence-electron chi connectivity index (χ3n) is 5.74. The van der Waals surface area contributed by atoms with Crippen molar-refractivity contribution < 1.29 is 0 Å². The molecule has 2 rings (SSSR count). The van der Waals surface area contributed by atoms with E-state index in [9.17, 15) is 0 Å². The van der Waals surface area contributed by atoms with Gasteiger partial charge in [-0.2, -0.15) is 0 Å². The maximum absolute atomic E-state index is 2.75. The Hall–Kier alpha value is -0.0800. The summed E-state index contributed by atoms with van der Waals surface area (Å²) in [4.78, 5) is 5.30. The molecule has 0 unspecified atom stereocenters. The summed E-state index contributed by atoms with van der Waals surface area (Å²) in [5.41, 5.74) is 0. The Morgan fingerprint density at radius 3 is 2.05 bits per heavy atom. The van der Waals surface area contributed by atoms with Crippen LogP contribution in [-0.4, -0.2) is 49.1 Å². The quantitative estimate of drug-likeness (QED) is 0.750. The minimum absolute atomic E-state index is 0.868. The van der Waals surface area contributed by atoms with Crippen LogP contribution in [0, 0.1) is 11.8 Å². The Balaban J connectivity index is 1.66. The van der Waals surface area contributed by atoms with Gasteiger partial charge in [0.15, 0.2) is 0 Å². The molecule has 2 heteroatoms. The van der Waals surface area contributed by atoms with Gasteiger partial charge in [-0.1, -0.05) is 20.3 Å². The van der Waals surface area contributed by atoms with Crippen LogP contribution in [-0.2, 0) is 0 Å². The second-order valence-corrected chi connectivity index (χ2v) is 6.90. The number of piperidine rings is 1. The number of hydrogen-bond donors (Lipinski definition) is 0. The molecule has 1 aliphatic heterocycles. The lowest BCUT2D eigenvalue weighted by Gasteiger charge is -2.38. The molecule has 112 valence electrons. The van der Waals surface area contributed by atoms with Gasteiger partial charge in [-0.15, -0.1) is 0 Å². The van der Waals surface area contributed by atoms with E-state index >= 15 is 0 Å². The van der Waals surface area contributed by atoms with Crippen LogP contribution in [0.5, 0.6) is 0 Å². The fourth-order valence-electron chi connectivity index (χ4n) is 3.97. The highest BCUT2D eigenvalue weighted by atomic mass is 15.1. The van der Waals surface area contributed by atoms with Crippen molar-refractivity contribution >= 4 is 0 Å². The predicted octanol–water partition coefficient (Wildman–Crippen LogP) is 3.62. The summed E-state index contributed by atoms with van der Waals surface area (Å²) in [5.74, 6) is 2.00. The molecular formula is C17H34N2. The monoisotopic (exact) mass is 266 g/mol. The number of nitrogens with zero attached hydrogens (tertiary/aromatic N) is 2. The van der Waals surface area contributed by atoms with Gasteiger partial charge >= 0.3 is 0 Å². The Bertz CT molecular complexity index is 238. The van der Waals surface area contributed by atoms with Crippen LogP contribution in [0.2, 0.25) is 0 Å². The normalized spacial score (nSPS) is 30.9. The van der Waals surface area contributed by atoms with Gasteiger partial charge in [0.05, 0.1) is 0 Å². The Morgan fingerprint density at radius 2 is 1.53 bits per heavy atom. The van der Waals surface area contributed by atoms with Gasteiger partial charge in [-0.3, -0.25) is 0 Å². The van der Waals surface area contributed by atoms with Gasteiger partial charge in [-0.25, -0.2) is 0 Å². The van der Waals surface area contributed by atoms with Crippen LogP contribution < -0.4 is 0 Å². The molecule has 1 aliphatic carbocycles. The molecule has 2 nitrogen and oxygen atoms in total. The summed E-state index contributed by atoms with van der Waals surface area (Å²) >= 11 is 0. The summed E-state index contributed by atoms with van der Waals surface area (Å²) < 4.78 is 0. The van der Waals surface area contributed by atoms with Crippen molar-refractivity contribution in [2.75, 3.05) is 33.2 Å². The first-order valence-corrected chi connectivity index (χ1v) is 8.65. The van der Waals surface area contributed by atoms with Crippen LogP contribution in [0.4, 0.5) is 0 Å². The van der Waals surface area contributed by atoms with Crippen molar-refractivity contribution in [2.24, 2.45) is 11.8 Å². The van der Waals surface area contributed by atoms with E-state index in [1.165, 1.54) is 71.1 Å². The summed E-state index contributed by atoms with van der Waals surface area (Å²) in [6.45, 7) is 9.97. The average Bonchev–Trinajstić information content (AvgIpc) is 2.48. The van der Waals surface area contributed by atoms with Crippen molar-refractivity contribution in [3.8, 4) is 0 Å². The van der Waals surface area contributed by atoms with Crippen LogP contribution in [0.25, 0.3) is 0 Å². The first-order chi connectivity index (χ1) is 9.22. The Labute approximate surface area is 120 Å².